The van der Waals surface area contributed by atoms with Gasteiger partial charge >= 0.3 is 5.97 Å². The molecule has 2 rings (SSSR count). The molecule has 0 saturated carbocycles. The molecule has 0 aliphatic heterocycles. The number of H-pyrrole nitrogens is 1. The van der Waals surface area contributed by atoms with Gasteiger partial charge in [0.1, 0.15) is 12.1 Å². The number of aliphatic hydroxyl groups excluding tert-OH is 3. The molecular formula is C21H29N5O8. The van der Waals surface area contributed by atoms with E-state index in [0.29, 0.717) is 0 Å². The van der Waals surface area contributed by atoms with Crippen LogP contribution in [0.2, 0.25) is 0 Å². The third-order valence-electron chi connectivity index (χ3n) is 5.13. The molecule has 10 N–H and O–H groups in total. The van der Waals surface area contributed by atoms with Crippen molar-refractivity contribution in [2.75, 3.05) is 13.2 Å². The van der Waals surface area contributed by atoms with Crippen LogP contribution in [0.3, 0.4) is 0 Å². The smallest absolute Gasteiger partial charge is 0.328 e. The number of carbonyl (C=O) groups is 4. The predicted octanol–water partition coefficient (Wildman–Crippen LogP) is -3.06. The Labute approximate surface area is 194 Å². The average molecular weight is 479 g/mol. The van der Waals surface area contributed by atoms with Crippen molar-refractivity contribution < 1.29 is 39.6 Å². The number of aromatic amines is 1. The van der Waals surface area contributed by atoms with Crippen LogP contribution >= 0.6 is 0 Å². The predicted molar refractivity (Wildman–Crippen MR) is 119 cm³/mol. The number of hydrogen-bond acceptors (Lipinski definition) is 8. The Bertz CT molecular complexity index is 1020. The van der Waals surface area contributed by atoms with Crippen LogP contribution in [-0.2, 0) is 25.6 Å². The van der Waals surface area contributed by atoms with Gasteiger partial charge in [0.05, 0.1) is 25.4 Å². The normalized spacial score (nSPS) is 15.6. The number of aliphatic hydroxyl groups is 3. The minimum Gasteiger partial charge on any atom is -0.480 e. The van der Waals surface area contributed by atoms with Crippen LogP contribution in [0.4, 0.5) is 0 Å². The molecule has 0 aliphatic carbocycles. The maximum Gasteiger partial charge on any atom is 0.328 e. The number of nitrogens with two attached hydrogens (primary N) is 1. The van der Waals surface area contributed by atoms with E-state index in [1.807, 2.05) is 29.6 Å². The summed E-state index contributed by atoms with van der Waals surface area (Å²) in [4.78, 5) is 51.4. The van der Waals surface area contributed by atoms with Gasteiger partial charge in [-0.3, -0.25) is 14.4 Å². The molecule has 34 heavy (non-hydrogen) atoms. The summed E-state index contributed by atoms with van der Waals surface area (Å²) in [7, 11) is 0. The Morgan fingerprint density at radius 1 is 0.971 bits per heavy atom. The van der Waals surface area contributed by atoms with E-state index in [1.165, 1.54) is 0 Å². The van der Waals surface area contributed by atoms with Crippen molar-refractivity contribution in [3.8, 4) is 0 Å². The summed E-state index contributed by atoms with van der Waals surface area (Å²) in [5.41, 5.74) is 7.62. The second-order valence-corrected chi connectivity index (χ2v) is 7.72. The number of nitrogens with one attached hydrogen (secondary N) is 4. The molecule has 186 valence electrons. The third-order valence-corrected chi connectivity index (χ3v) is 5.13. The van der Waals surface area contributed by atoms with E-state index in [9.17, 15) is 34.5 Å². The average Bonchev–Trinajstić information content (AvgIpc) is 3.21. The van der Waals surface area contributed by atoms with E-state index in [1.54, 1.807) is 6.20 Å². The first kappa shape index (κ1) is 26.7. The molecule has 1 aromatic carbocycles. The van der Waals surface area contributed by atoms with Gasteiger partial charge < -0.3 is 47.1 Å². The number of carboxylic acid groups (broad SMARTS) is 1. The zero-order valence-electron chi connectivity index (χ0n) is 18.4. The molecule has 0 radical (unpaired) electrons. The number of para-hydroxylation sites is 1. The third kappa shape index (κ3) is 6.74. The van der Waals surface area contributed by atoms with E-state index in [4.69, 9.17) is 10.8 Å². The maximum absolute atomic E-state index is 12.5. The lowest BCUT2D eigenvalue weighted by Crippen LogP contribution is -2.60. The zero-order chi connectivity index (χ0) is 25.4. The summed E-state index contributed by atoms with van der Waals surface area (Å²) < 4.78 is 0. The zero-order valence-corrected chi connectivity index (χ0v) is 18.4. The van der Waals surface area contributed by atoms with Gasteiger partial charge in [-0.2, -0.15) is 0 Å². The molecule has 1 aromatic heterocycles. The van der Waals surface area contributed by atoms with Crippen molar-refractivity contribution in [1.82, 2.24) is 20.9 Å². The summed E-state index contributed by atoms with van der Waals surface area (Å²) in [5, 5.41) is 44.8. The highest BCUT2D eigenvalue weighted by Gasteiger charge is 2.31. The summed E-state index contributed by atoms with van der Waals surface area (Å²) in [5.74, 6) is -4.34. The molecule has 0 aliphatic rings. The van der Waals surface area contributed by atoms with E-state index >= 15 is 0 Å². The fourth-order valence-electron chi connectivity index (χ4n) is 3.21. The number of amides is 3. The van der Waals surface area contributed by atoms with Crippen molar-refractivity contribution in [3.63, 3.8) is 0 Å². The quantitative estimate of drug-likeness (QED) is 0.150. The highest BCUT2D eigenvalue weighted by molar-refractivity contribution is 5.94. The van der Waals surface area contributed by atoms with Crippen molar-refractivity contribution >= 4 is 34.6 Å². The molecule has 1 heterocycles. The van der Waals surface area contributed by atoms with E-state index in [0.717, 1.165) is 23.4 Å². The highest BCUT2D eigenvalue weighted by atomic mass is 16.4. The molecule has 0 fully saturated rings. The van der Waals surface area contributed by atoms with Crippen LogP contribution < -0.4 is 21.7 Å². The summed E-state index contributed by atoms with van der Waals surface area (Å²) >= 11 is 0. The first-order valence-corrected chi connectivity index (χ1v) is 10.4. The van der Waals surface area contributed by atoms with Crippen LogP contribution in [0.15, 0.2) is 30.5 Å². The number of carboxylic acids is 1. The van der Waals surface area contributed by atoms with E-state index in [-0.39, 0.29) is 6.42 Å². The van der Waals surface area contributed by atoms with Crippen molar-refractivity contribution in [2.45, 2.75) is 43.6 Å². The minimum atomic E-state index is -1.67. The number of hydrogen-bond donors (Lipinski definition) is 9. The standard InChI is InChI=1S/C21H29N5O8/c1-10(29)17(21(33)34)26-20(32)16(9-28)25-19(31)15(8-27)24-18(30)13(22)6-11-7-23-14-5-3-2-4-12(11)14/h2-5,7,10,13,15-17,23,27-29H,6,8-9,22H2,1H3,(H,24,30)(H,25,31)(H,26,32)(H,33,34). The van der Waals surface area contributed by atoms with Gasteiger partial charge in [-0.15, -0.1) is 0 Å². The van der Waals surface area contributed by atoms with Crippen LogP contribution in [0.1, 0.15) is 12.5 Å². The largest absolute Gasteiger partial charge is 0.480 e. The Kier molecular flexibility index (Phi) is 9.50. The van der Waals surface area contributed by atoms with Crippen LogP contribution in [0.5, 0.6) is 0 Å². The van der Waals surface area contributed by atoms with Gasteiger partial charge in [-0.05, 0) is 25.0 Å². The Hall–Kier alpha value is -3.52. The monoisotopic (exact) mass is 479 g/mol. The first-order chi connectivity index (χ1) is 16.1. The number of aliphatic carboxylic acids is 1. The molecule has 13 nitrogen and oxygen atoms in total. The van der Waals surface area contributed by atoms with Gasteiger partial charge in [-0.25, -0.2) is 4.79 Å². The minimum absolute atomic E-state index is 0.146. The molecule has 0 saturated heterocycles. The SMILES string of the molecule is CC(O)C(NC(=O)C(CO)NC(=O)C(CO)NC(=O)C(N)Cc1c[nH]c2ccccc12)C(=O)O. The summed E-state index contributed by atoms with van der Waals surface area (Å²) in [6.45, 7) is -0.596. The van der Waals surface area contributed by atoms with Crippen LogP contribution in [0, 0.1) is 0 Å². The second-order valence-electron chi connectivity index (χ2n) is 7.72. The van der Waals surface area contributed by atoms with Crippen molar-refractivity contribution in [2.24, 2.45) is 5.73 Å². The van der Waals surface area contributed by atoms with Gasteiger partial charge in [-0.1, -0.05) is 18.2 Å². The molecule has 3 amide bonds. The number of benzene rings is 1. The number of aromatic nitrogens is 1. The van der Waals surface area contributed by atoms with Gasteiger partial charge in [0, 0.05) is 17.1 Å². The number of rotatable bonds is 12. The second kappa shape index (κ2) is 12.1. The van der Waals surface area contributed by atoms with Crippen LogP contribution in [0.25, 0.3) is 10.9 Å². The van der Waals surface area contributed by atoms with Gasteiger partial charge in [0.15, 0.2) is 6.04 Å². The summed E-state index contributed by atoms with van der Waals surface area (Å²) in [6, 6.07) is 1.60. The maximum atomic E-state index is 12.5. The number of carbonyl (C=O) groups excluding carboxylic acids is 3. The lowest BCUT2D eigenvalue weighted by Gasteiger charge is -2.24. The van der Waals surface area contributed by atoms with Gasteiger partial charge in [0.2, 0.25) is 17.7 Å². The molecule has 5 atom stereocenters. The van der Waals surface area contributed by atoms with Gasteiger partial charge in [0.25, 0.3) is 0 Å². The Morgan fingerprint density at radius 3 is 2.09 bits per heavy atom. The van der Waals surface area contributed by atoms with E-state index in [2.05, 4.69) is 15.6 Å². The Balaban J connectivity index is 1.98. The topological polar surface area (TPSA) is 227 Å². The van der Waals surface area contributed by atoms with Crippen molar-refractivity contribution in [1.29, 1.82) is 0 Å². The highest BCUT2D eigenvalue weighted by Crippen LogP contribution is 2.18. The van der Waals surface area contributed by atoms with Crippen LogP contribution in [-0.4, -0.2) is 92.6 Å². The molecule has 5 unspecified atom stereocenters. The summed E-state index contributed by atoms with van der Waals surface area (Å²) in [6.07, 6.45) is 0.420. The fraction of sp³-hybridized carbons (Fsp3) is 0.429. The molecular weight excluding hydrogens is 450 g/mol. The number of fused-ring (bicyclic) bond motifs is 1. The van der Waals surface area contributed by atoms with E-state index < -0.39 is 67.2 Å². The fourth-order valence-corrected chi connectivity index (χ4v) is 3.21. The first-order valence-electron chi connectivity index (χ1n) is 10.4. The molecule has 2 aromatic rings. The molecule has 0 spiro atoms. The lowest BCUT2D eigenvalue weighted by molar-refractivity contribution is -0.145. The molecule has 13 heteroatoms. The Morgan fingerprint density at radius 2 is 1.53 bits per heavy atom. The lowest BCUT2D eigenvalue weighted by atomic mass is 10.0. The van der Waals surface area contributed by atoms with Crippen molar-refractivity contribution in [3.05, 3.63) is 36.0 Å². The molecule has 0 bridgehead atoms.